The lowest BCUT2D eigenvalue weighted by Gasteiger charge is -2.14. The third kappa shape index (κ3) is 4.80. The fourth-order valence-electron chi connectivity index (χ4n) is 2.00. The molecule has 1 fully saturated rings. The van der Waals surface area contributed by atoms with Crippen molar-refractivity contribution in [3.05, 3.63) is 28.2 Å². The molecule has 0 bridgehead atoms. The molecule has 1 aliphatic rings. The molecule has 3 N–H and O–H groups in total. The highest BCUT2D eigenvalue weighted by atomic mass is 79.9. The highest BCUT2D eigenvalue weighted by Crippen LogP contribution is 2.30. The summed E-state index contributed by atoms with van der Waals surface area (Å²) in [5, 5.41) is 2.95. The van der Waals surface area contributed by atoms with Gasteiger partial charge < -0.3 is 15.8 Å². The van der Waals surface area contributed by atoms with Crippen molar-refractivity contribution in [1.29, 1.82) is 0 Å². The van der Waals surface area contributed by atoms with Crippen LogP contribution in [0.3, 0.4) is 0 Å². The molecule has 1 atom stereocenters. The Morgan fingerprint density at radius 3 is 2.95 bits per heavy atom. The van der Waals surface area contributed by atoms with Gasteiger partial charge in [0.25, 0.3) is 0 Å². The molecule has 1 aromatic rings. The zero-order valence-electron chi connectivity index (χ0n) is 11.7. The Morgan fingerprint density at radius 1 is 1.55 bits per heavy atom. The number of carbonyl (C=O) groups is 1. The second-order valence-electron chi connectivity index (χ2n) is 5.35. The topological polar surface area (TPSA) is 64.3 Å². The quantitative estimate of drug-likeness (QED) is 0.800. The van der Waals surface area contributed by atoms with Crippen LogP contribution in [0.4, 0.5) is 0 Å². The fourth-order valence-corrected chi connectivity index (χ4v) is 2.52. The first-order chi connectivity index (χ1) is 9.56. The van der Waals surface area contributed by atoms with Crippen LogP contribution in [0.1, 0.15) is 31.7 Å². The van der Waals surface area contributed by atoms with Crippen LogP contribution in [-0.4, -0.2) is 24.6 Å². The van der Waals surface area contributed by atoms with Gasteiger partial charge in [-0.2, -0.15) is 0 Å². The number of para-hydroxylation sites is 1. The first-order valence-electron chi connectivity index (χ1n) is 7.01. The van der Waals surface area contributed by atoms with Crippen molar-refractivity contribution in [3.8, 4) is 5.75 Å². The molecule has 0 aliphatic heterocycles. The number of ether oxygens (including phenoxy) is 1. The largest absolute Gasteiger partial charge is 0.492 e. The van der Waals surface area contributed by atoms with Gasteiger partial charge in [0.15, 0.2) is 0 Å². The molecule has 4 nitrogen and oxygen atoms in total. The van der Waals surface area contributed by atoms with Crippen molar-refractivity contribution in [2.75, 3.05) is 6.61 Å². The molecule has 0 saturated heterocycles. The lowest BCUT2D eigenvalue weighted by Crippen LogP contribution is -2.26. The Kier molecular flexibility index (Phi) is 5.43. The maximum atomic E-state index is 11.6. The summed E-state index contributed by atoms with van der Waals surface area (Å²) < 4.78 is 6.68. The van der Waals surface area contributed by atoms with Gasteiger partial charge in [-0.3, -0.25) is 4.79 Å². The maximum Gasteiger partial charge on any atom is 0.223 e. The molecule has 20 heavy (non-hydrogen) atoms. The SMILES string of the molecule is CC(N)Cc1cccc(Br)c1OCCC(=O)NC1CC1. The van der Waals surface area contributed by atoms with Gasteiger partial charge in [-0.25, -0.2) is 0 Å². The summed E-state index contributed by atoms with van der Waals surface area (Å²) in [5.74, 6) is 0.859. The average Bonchev–Trinajstić information content (AvgIpc) is 3.16. The molecule has 1 saturated carbocycles. The standard InChI is InChI=1S/C15H21BrN2O2/c1-10(17)9-11-3-2-4-13(16)15(11)20-8-7-14(19)18-12-5-6-12/h2-4,10,12H,5-9,17H2,1H3,(H,18,19). The zero-order valence-corrected chi connectivity index (χ0v) is 13.3. The summed E-state index contributed by atoms with van der Waals surface area (Å²) in [6, 6.07) is 6.39. The smallest absolute Gasteiger partial charge is 0.223 e. The van der Waals surface area contributed by atoms with Crippen molar-refractivity contribution < 1.29 is 9.53 Å². The van der Waals surface area contributed by atoms with Crippen LogP contribution in [0.15, 0.2) is 22.7 Å². The third-order valence-electron chi connectivity index (χ3n) is 3.11. The van der Waals surface area contributed by atoms with Gasteiger partial charge in [0, 0.05) is 12.1 Å². The van der Waals surface area contributed by atoms with E-state index in [4.69, 9.17) is 10.5 Å². The summed E-state index contributed by atoms with van der Waals surface area (Å²) in [4.78, 5) is 11.6. The number of hydrogen-bond donors (Lipinski definition) is 2. The van der Waals surface area contributed by atoms with Gasteiger partial charge >= 0.3 is 0 Å². The Morgan fingerprint density at radius 2 is 2.30 bits per heavy atom. The lowest BCUT2D eigenvalue weighted by atomic mass is 10.1. The van der Waals surface area contributed by atoms with Gasteiger partial charge in [0.05, 0.1) is 17.5 Å². The van der Waals surface area contributed by atoms with Crippen LogP contribution in [0.2, 0.25) is 0 Å². The Bertz CT molecular complexity index is 473. The predicted molar refractivity (Wildman–Crippen MR) is 82.8 cm³/mol. The average molecular weight is 341 g/mol. The summed E-state index contributed by atoms with van der Waals surface area (Å²) in [7, 11) is 0. The summed E-state index contributed by atoms with van der Waals surface area (Å²) >= 11 is 3.49. The van der Waals surface area contributed by atoms with E-state index in [2.05, 4.69) is 21.2 Å². The molecule has 0 aromatic heterocycles. The van der Waals surface area contributed by atoms with Crippen LogP contribution < -0.4 is 15.8 Å². The predicted octanol–water partition coefficient (Wildman–Crippen LogP) is 2.39. The molecule has 1 aliphatic carbocycles. The minimum atomic E-state index is 0.0632. The number of benzene rings is 1. The number of halogens is 1. The van der Waals surface area contributed by atoms with Gasteiger partial charge in [0.1, 0.15) is 5.75 Å². The number of nitrogens with two attached hydrogens (primary N) is 1. The molecule has 5 heteroatoms. The fraction of sp³-hybridized carbons (Fsp3) is 0.533. The van der Waals surface area contributed by atoms with Gasteiger partial charge in [0.2, 0.25) is 5.91 Å². The molecule has 0 heterocycles. The molecule has 0 spiro atoms. The molecule has 1 aromatic carbocycles. The molecule has 0 radical (unpaired) electrons. The number of hydrogen-bond acceptors (Lipinski definition) is 3. The van der Waals surface area contributed by atoms with Crippen molar-refractivity contribution in [1.82, 2.24) is 5.32 Å². The van der Waals surface area contributed by atoms with Gasteiger partial charge in [-0.05, 0) is 53.7 Å². The highest BCUT2D eigenvalue weighted by Gasteiger charge is 2.23. The number of nitrogens with one attached hydrogen (secondary N) is 1. The second-order valence-corrected chi connectivity index (χ2v) is 6.20. The van der Waals surface area contributed by atoms with E-state index in [9.17, 15) is 4.79 Å². The highest BCUT2D eigenvalue weighted by molar-refractivity contribution is 9.10. The molecular weight excluding hydrogens is 320 g/mol. The Labute approximate surface area is 128 Å². The number of carbonyl (C=O) groups excluding carboxylic acids is 1. The number of rotatable bonds is 7. The summed E-state index contributed by atoms with van der Waals surface area (Å²) in [6.45, 7) is 2.35. The minimum absolute atomic E-state index is 0.0632. The van der Waals surface area contributed by atoms with E-state index in [0.717, 1.165) is 35.0 Å². The molecule has 1 amide bonds. The van der Waals surface area contributed by atoms with Crippen LogP contribution in [0.25, 0.3) is 0 Å². The normalized spacial score (nSPS) is 15.8. The van der Waals surface area contributed by atoms with Gasteiger partial charge in [-0.15, -0.1) is 0 Å². The minimum Gasteiger partial charge on any atom is -0.492 e. The van der Waals surface area contributed by atoms with Crippen LogP contribution in [0.5, 0.6) is 5.75 Å². The van der Waals surface area contributed by atoms with Crippen molar-refractivity contribution in [3.63, 3.8) is 0 Å². The van der Waals surface area contributed by atoms with E-state index in [1.165, 1.54) is 0 Å². The second kappa shape index (κ2) is 7.09. The molecule has 110 valence electrons. The first kappa shape index (κ1) is 15.3. The molecule has 2 rings (SSSR count). The van der Waals surface area contributed by atoms with E-state index in [-0.39, 0.29) is 11.9 Å². The molecule has 1 unspecified atom stereocenters. The van der Waals surface area contributed by atoms with Crippen LogP contribution >= 0.6 is 15.9 Å². The van der Waals surface area contributed by atoms with E-state index < -0.39 is 0 Å². The maximum absolute atomic E-state index is 11.6. The summed E-state index contributed by atoms with van der Waals surface area (Å²) in [6.07, 6.45) is 3.35. The van der Waals surface area contributed by atoms with E-state index >= 15 is 0 Å². The third-order valence-corrected chi connectivity index (χ3v) is 3.73. The van der Waals surface area contributed by atoms with Crippen LogP contribution in [-0.2, 0) is 11.2 Å². The van der Waals surface area contributed by atoms with Crippen molar-refractivity contribution in [2.45, 2.75) is 44.7 Å². The lowest BCUT2D eigenvalue weighted by molar-refractivity contribution is -0.121. The van der Waals surface area contributed by atoms with Crippen LogP contribution in [0, 0.1) is 0 Å². The van der Waals surface area contributed by atoms with E-state index in [0.29, 0.717) is 19.1 Å². The van der Waals surface area contributed by atoms with Crippen molar-refractivity contribution in [2.24, 2.45) is 5.73 Å². The van der Waals surface area contributed by atoms with Crippen molar-refractivity contribution >= 4 is 21.8 Å². The first-order valence-corrected chi connectivity index (χ1v) is 7.80. The van der Waals surface area contributed by atoms with E-state index in [1.807, 2.05) is 25.1 Å². The van der Waals surface area contributed by atoms with Gasteiger partial charge in [-0.1, -0.05) is 12.1 Å². The number of amides is 1. The Balaban J connectivity index is 1.88. The molecular formula is C15H21BrN2O2. The van der Waals surface area contributed by atoms with E-state index in [1.54, 1.807) is 0 Å². The Hall–Kier alpha value is -1.07. The monoisotopic (exact) mass is 340 g/mol. The summed E-state index contributed by atoms with van der Waals surface area (Å²) in [5.41, 5.74) is 6.91. The zero-order chi connectivity index (χ0) is 14.5.